The zero-order chi connectivity index (χ0) is 17.5. The Morgan fingerprint density at radius 2 is 2.48 bits per heavy atom. The van der Waals surface area contributed by atoms with E-state index in [4.69, 9.17) is 9.26 Å². The highest BCUT2D eigenvalue weighted by atomic mass is 32.1. The van der Waals surface area contributed by atoms with E-state index in [0.29, 0.717) is 36.3 Å². The Morgan fingerprint density at radius 1 is 1.56 bits per heavy atom. The van der Waals surface area contributed by atoms with Gasteiger partial charge in [-0.3, -0.25) is 4.79 Å². The molecule has 1 N–H and O–H groups in total. The van der Waals surface area contributed by atoms with Crippen LogP contribution >= 0.6 is 11.3 Å². The molecule has 9 heteroatoms. The third kappa shape index (κ3) is 5.32. The third-order valence-electron chi connectivity index (χ3n) is 4.20. The molecule has 136 valence electrons. The van der Waals surface area contributed by atoms with E-state index in [2.05, 4.69) is 25.3 Å². The molecule has 0 saturated carbocycles. The number of hydrogen-bond acceptors (Lipinski definition) is 8. The highest BCUT2D eigenvalue weighted by Gasteiger charge is 2.26. The molecular weight excluding hydrogens is 342 g/mol. The fourth-order valence-electron chi connectivity index (χ4n) is 2.91. The summed E-state index contributed by atoms with van der Waals surface area (Å²) in [5.41, 5.74) is 0. The van der Waals surface area contributed by atoms with Gasteiger partial charge in [0, 0.05) is 44.6 Å². The lowest BCUT2D eigenvalue weighted by Crippen LogP contribution is -2.36. The van der Waals surface area contributed by atoms with Crippen molar-refractivity contribution >= 4 is 22.4 Å². The second-order valence-electron chi connectivity index (χ2n) is 6.07. The first-order valence-corrected chi connectivity index (χ1v) is 9.35. The van der Waals surface area contributed by atoms with Gasteiger partial charge in [0.25, 0.3) is 0 Å². The Morgan fingerprint density at radius 3 is 3.28 bits per heavy atom. The summed E-state index contributed by atoms with van der Waals surface area (Å²) in [6.07, 6.45) is 4.89. The van der Waals surface area contributed by atoms with E-state index in [1.807, 2.05) is 5.38 Å². The molecule has 1 aliphatic heterocycles. The molecule has 25 heavy (non-hydrogen) atoms. The van der Waals surface area contributed by atoms with Gasteiger partial charge in [-0.1, -0.05) is 5.16 Å². The summed E-state index contributed by atoms with van der Waals surface area (Å²) in [6.45, 7) is 3.14. The van der Waals surface area contributed by atoms with Crippen LogP contribution in [0.2, 0.25) is 0 Å². The van der Waals surface area contributed by atoms with Crippen molar-refractivity contribution in [3.63, 3.8) is 0 Å². The van der Waals surface area contributed by atoms with E-state index in [1.54, 1.807) is 13.3 Å². The number of anilines is 1. The maximum Gasteiger partial charge on any atom is 0.231 e. The largest absolute Gasteiger partial charge is 0.384 e. The molecule has 1 saturated heterocycles. The fourth-order valence-corrected chi connectivity index (χ4v) is 3.46. The molecule has 0 aromatic carbocycles. The van der Waals surface area contributed by atoms with Gasteiger partial charge in [-0.2, -0.15) is 4.98 Å². The zero-order valence-electron chi connectivity index (χ0n) is 14.3. The molecule has 0 aliphatic carbocycles. The van der Waals surface area contributed by atoms with Crippen LogP contribution in [0.3, 0.4) is 0 Å². The summed E-state index contributed by atoms with van der Waals surface area (Å²) in [4.78, 5) is 22.8. The number of methoxy groups -OCH3 is 1. The number of hydrogen-bond donors (Lipinski definition) is 1. The van der Waals surface area contributed by atoms with Gasteiger partial charge in [-0.05, 0) is 19.4 Å². The molecule has 0 spiro atoms. The molecule has 1 fully saturated rings. The zero-order valence-corrected chi connectivity index (χ0v) is 15.1. The predicted octanol–water partition coefficient (Wildman–Crippen LogP) is 1.92. The van der Waals surface area contributed by atoms with Gasteiger partial charge in [-0.15, -0.1) is 11.3 Å². The predicted molar refractivity (Wildman–Crippen MR) is 93.7 cm³/mol. The van der Waals surface area contributed by atoms with E-state index >= 15 is 0 Å². The SMILES string of the molecule is COCCc1noc([C@H]2CCCN(CCC(=O)Nc3nccs3)C2)n1. The average Bonchev–Trinajstić information content (AvgIpc) is 3.30. The standard InChI is InChI=1S/C16H23N5O3S/c1-23-9-5-13-18-15(24-20-13)12-3-2-7-21(11-12)8-4-14(22)19-16-17-6-10-25-16/h6,10,12H,2-5,7-9,11H2,1H3,(H,17,19,22)/t12-/m0/s1. The quantitative estimate of drug-likeness (QED) is 0.764. The van der Waals surface area contributed by atoms with E-state index in [1.165, 1.54) is 11.3 Å². The average molecular weight is 365 g/mol. The number of thiazole rings is 1. The van der Waals surface area contributed by atoms with Crippen molar-refractivity contribution in [2.75, 3.05) is 38.7 Å². The minimum Gasteiger partial charge on any atom is -0.384 e. The summed E-state index contributed by atoms with van der Waals surface area (Å²) < 4.78 is 10.5. The molecule has 0 unspecified atom stereocenters. The number of carbonyl (C=O) groups is 1. The Balaban J connectivity index is 1.46. The number of ether oxygens (including phenoxy) is 1. The van der Waals surface area contributed by atoms with Crippen molar-refractivity contribution in [2.45, 2.75) is 31.6 Å². The number of carbonyl (C=O) groups excluding carboxylic acids is 1. The molecule has 3 heterocycles. The maximum atomic E-state index is 12.0. The topological polar surface area (TPSA) is 93.4 Å². The number of likely N-dealkylation sites (tertiary alicyclic amines) is 1. The van der Waals surface area contributed by atoms with Crippen molar-refractivity contribution < 1.29 is 14.1 Å². The lowest BCUT2D eigenvalue weighted by Gasteiger charge is -2.30. The summed E-state index contributed by atoms with van der Waals surface area (Å²) >= 11 is 1.43. The van der Waals surface area contributed by atoms with Crippen molar-refractivity contribution in [1.29, 1.82) is 0 Å². The van der Waals surface area contributed by atoms with Gasteiger partial charge in [0.05, 0.1) is 12.5 Å². The molecule has 1 amide bonds. The second-order valence-corrected chi connectivity index (χ2v) is 6.96. The summed E-state index contributed by atoms with van der Waals surface area (Å²) in [5.74, 6) is 1.62. The fraction of sp³-hybridized carbons (Fsp3) is 0.625. The number of aromatic nitrogens is 3. The van der Waals surface area contributed by atoms with Crippen LogP contribution in [0.15, 0.2) is 16.1 Å². The monoisotopic (exact) mass is 365 g/mol. The van der Waals surface area contributed by atoms with Gasteiger partial charge in [0.2, 0.25) is 11.8 Å². The van der Waals surface area contributed by atoms with Crippen LogP contribution in [-0.4, -0.2) is 59.3 Å². The third-order valence-corrected chi connectivity index (χ3v) is 4.89. The van der Waals surface area contributed by atoms with Gasteiger partial charge in [0.1, 0.15) is 0 Å². The number of nitrogens with zero attached hydrogens (tertiary/aromatic N) is 4. The summed E-state index contributed by atoms with van der Waals surface area (Å²) in [6, 6.07) is 0. The number of piperidine rings is 1. The lowest BCUT2D eigenvalue weighted by molar-refractivity contribution is -0.116. The van der Waals surface area contributed by atoms with Crippen LogP contribution in [0.4, 0.5) is 5.13 Å². The summed E-state index contributed by atoms with van der Waals surface area (Å²) in [7, 11) is 1.66. The Bertz CT molecular complexity index is 661. The molecule has 1 atom stereocenters. The van der Waals surface area contributed by atoms with Crippen molar-refractivity contribution in [2.24, 2.45) is 0 Å². The van der Waals surface area contributed by atoms with Crippen LogP contribution in [0.1, 0.15) is 36.9 Å². The molecule has 3 rings (SSSR count). The summed E-state index contributed by atoms with van der Waals surface area (Å²) in [5, 5.41) is 9.32. The molecule has 2 aromatic rings. The molecule has 2 aromatic heterocycles. The first-order valence-electron chi connectivity index (χ1n) is 8.47. The Labute approximate surface area is 150 Å². The molecule has 1 aliphatic rings. The van der Waals surface area contributed by atoms with Crippen molar-refractivity contribution in [3.05, 3.63) is 23.3 Å². The Hall–Kier alpha value is -1.84. The van der Waals surface area contributed by atoms with Gasteiger partial charge >= 0.3 is 0 Å². The minimum absolute atomic E-state index is 0.00304. The van der Waals surface area contributed by atoms with Gasteiger partial charge in [-0.25, -0.2) is 4.98 Å². The van der Waals surface area contributed by atoms with Crippen LogP contribution in [-0.2, 0) is 16.0 Å². The smallest absolute Gasteiger partial charge is 0.231 e. The lowest BCUT2D eigenvalue weighted by atomic mass is 9.98. The number of rotatable bonds is 8. The van der Waals surface area contributed by atoms with Crippen molar-refractivity contribution in [3.8, 4) is 0 Å². The first kappa shape index (κ1) is 18.0. The second kappa shape index (κ2) is 9.02. The van der Waals surface area contributed by atoms with Crippen LogP contribution in [0.5, 0.6) is 0 Å². The molecular formula is C16H23N5O3S. The Kier molecular flexibility index (Phi) is 6.48. The van der Waals surface area contributed by atoms with E-state index in [9.17, 15) is 4.79 Å². The van der Waals surface area contributed by atoms with Gasteiger partial charge in [0.15, 0.2) is 11.0 Å². The van der Waals surface area contributed by atoms with Crippen LogP contribution in [0.25, 0.3) is 0 Å². The highest BCUT2D eigenvalue weighted by Crippen LogP contribution is 2.25. The maximum absolute atomic E-state index is 12.0. The molecule has 0 bridgehead atoms. The van der Waals surface area contributed by atoms with Crippen molar-refractivity contribution in [1.82, 2.24) is 20.0 Å². The van der Waals surface area contributed by atoms with E-state index < -0.39 is 0 Å². The first-order chi connectivity index (χ1) is 12.2. The minimum atomic E-state index is -0.00304. The number of nitrogens with one attached hydrogen (secondary N) is 1. The highest BCUT2D eigenvalue weighted by molar-refractivity contribution is 7.13. The van der Waals surface area contributed by atoms with E-state index in [-0.39, 0.29) is 11.8 Å². The molecule has 8 nitrogen and oxygen atoms in total. The van der Waals surface area contributed by atoms with Crippen LogP contribution in [0, 0.1) is 0 Å². The van der Waals surface area contributed by atoms with Crippen LogP contribution < -0.4 is 5.32 Å². The van der Waals surface area contributed by atoms with E-state index in [0.717, 1.165) is 32.5 Å². The molecule has 0 radical (unpaired) electrons. The normalized spacial score (nSPS) is 18.4. The van der Waals surface area contributed by atoms with Gasteiger partial charge < -0.3 is 19.5 Å². The number of amides is 1.